The average Bonchev–Trinajstić information content (AvgIpc) is 2.96. The Bertz CT molecular complexity index is 606. The Kier molecular flexibility index (Phi) is 2.83. The van der Waals surface area contributed by atoms with Crippen LogP contribution in [0.25, 0.3) is 0 Å². The fourth-order valence-electron chi connectivity index (χ4n) is 1.89. The fraction of sp³-hybridized carbons (Fsp3) is 0.154. The van der Waals surface area contributed by atoms with Gasteiger partial charge in [0.1, 0.15) is 5.75 Å². The number of carbonyl (C=O) groups is 1. The van der Waals surface area contributed by atoms with Crippen LogP contribution in [0.3, 0.4) is 0 Å². The number of anilines is 1. The molecule has 1 aliphatic heterocycles. The molecule has 5 heteroatoms. The van der Waals surface area contributed by atoms with Crippen LogP contribution in [-0.4, -0.2) is 12.5 Å². The number of hydrogen-bond acceptors (Lipinski definition) is 3. The molecule has 92 valence electrons. The van der Waals surface area contributed by atoms with Gasteiger partial charge in [0, 0.05) is 12.1 Å². The molecule has 0 saturated carbocycles. The van der Waals surface area contributed by atoms with Gasteiger partial charge in [-0.15, -0.1) is 0 Å². The van der Waals surface area contributed by atoms with Gasteiger partial charge >= 0.3 is 0 Å². The van der Waals surface area contributed by atoms with E-state index in [0.29, 0.717) is 11.3 Å². The number of amides is 1. The number of hydrogen-bond donors (Lipinski definition) is 1. The van der Waals surface area contributed by atoms with Crippen molar-refractivity contribution in [3.05, 3.63) is 46.3 Å². The molecule has 0 atom stereocenters. The maximum absolute atomic E-state index is 11.9. The van der Waals surface area contributed by atoms with Crippen molar-refractivity contribution < 1.29 is 13.9 Å². The number of rotatable bonds is 2. The maximum atomic E-state index is 11.9. The summed E-state index contributed by atoms with van der Waals surface area (Å²) in [6, 6.07) is 8.93. The lowest BCUT2D eigenvalue weighted by molar-refractivity contribution is 0.0995. The van der Waals surface area contributed by atoms with Crippen molar-refractivity contribution >= 4 is 27.5 Å². The number of benzene rings is 1. The van der Waals surface area contributed by atoms with Gasteiger partial charge in [-0.25, -0.2) is 0 Å². The lowest BCUT2D eigenvalue weighted by Gasteiger charge is -2.05. The van der Waals surface area contributed by atoms with Crippen molar-refractivity contribution in [2.45, 2.75) is 6.42 Å². The van der Waals surface area contributed by atoms with E-state index in [1.807, 2.05) is 18.2 Å². The molecule has 2 aromatic rings. The number of nitrogens with one attached hydrogen (secondary N) is 1. The molecule has 1 aromatic heterocycles. The van der Waals surface area contributed by atoms with E-state index < -0.39 is 0 Å². The van der Waals surface area contributed by atoms with Gasteiger partial charge in [0.15, 0.2) is 10.4 Å². The van der Waals surface area contributed by atoms with Gasteiger partial charge in [-0.2, -0.15) is 0 Å². The number of carbonyl (C=O) groups excluding carboxylic acids is 1. The quantitative estimate of drug-likeness (QED) is 0.926. The molecule has 2 heterocycles. The molecule has 0 fully saturated rings. The van der Waals surface area contributed by atoms with E-state index in [0.717, 1.165) is 23.4 Å². The first-order valence-corrected chi connectivity index (χ1v) is 6.34. The van der Waals surface area contributed by atoms with Crippen LogP contribution in [0.2, 0.25) is 0 Å². The first-order chi connectivity index (χ1) is 8.72. The number of furan rings is 1. The Morgan fingerprint density at radius 1 is 1.28 bits per heavy atom. The minimum Gasteiger partial charge on any atom is -0.493 e. The summed E-state index contributed by atoms with van der Waals surface area (Å²) in [5.74, 6) is 0.909. The zero-order valence-corrected chi connectivity index (χ0v) is 11.0. The summed E-state index contributed by atoms with van der Waals surface area (Å²) in [5.41, 5.74) is 1.87. The van der Waals surface area contributed by atoms with Crippen LogP contribution in [0, 0.1) is 0 Å². The monoisotopic (exact) mass is 307 g/mol. The number of fused-ring (bicyclic) bond motifs is 1. The molecule has 0 saturated heterocycles. The van der Waals surface area contributed by atoms with E-state index in [1.54, 1.807) is 12.1 Å². The lowest BCUT2D eigenvalue weighted by Crippen LogP contribution is -2.10. The molecule has 1 amide bonds. The van der Waals surface area contributed by atoms with Crippen LogP contribution < -0.4 is 10.1 Å². The van der Waals surface area contributed by atoms with Crippen molar-refractivity contribution in [2.24, 2.45) is 0 Å². The highest BCUT2D eigenvalue weighted by atomic mass is 79.9. The first-order valence-electron chi connectivity index (χ1n) is 5.55. The predicted octanol–water partition coefficient (Wildman–Crippen LogP) is 3.23. The van der Waals surface area contributed by atoms with Gasteiger partial charge in [0.25, 0.3) is 5.91 Å². The van der Waals surface area contributed by atoms with Gasteiger partial charge in [0.05, 0.1) is 6.61 Å². The standard InChI is InChI=1S/C13H10BrNO3/c14-12-4-3-11(18-12)13(16)15-9-1-2-10-8(7-9)5-6-17-10/h1-4,7H,5-6H2,(H,15,16). The Balaban J connectivity index is 1.78. The molecule has 0 aliphatic carbocycles. The summed E-state index contributed by atoms with van der Waals surface area (Å²) in [6.45, 7) is 0.706. The first kappa shape index (κ1) is 11.3. The van der Waals surface area contributed by atoms with Crippen LogP contribution in [0.4, 0.5) is 5.69 Å². The van der Waals surface area contributed by atoms with Crippen LogP contribution in [0.15, 0.2) is 39.4 Å². The van der Waals surface area contributed by atoms with Gasteiger partial charge in [-0.05, 0) is 51.8 Å². The zero-order valence-electron chi connectivity index (χ0n) is 9.40. The molecule has 0 unspecified atom stereocenters. The third-order valence-corrected chi connectivity index (χ3v) is 3.17. The van der Waals surface area contributed by atoms with Crippen LogP contribution in [0.1, 0.15) is 16.1 Å². The van der Waals surface area contributed by atoms with Gasteiger partial charge in [-0.3, -0.25) is 4.79 Å². The molecular weight excluding hydrogens is 298 g/mol. The summed E-state index contributed by atoms with van der Waals surface area (Å²) < 4.78 is 11.1. The molecule has 1 aliphatic rings. The van der Waals surface area contributed by atoms with E-state index in [-0.39, 0.29) is 11.7 Å². The molecule has 1 aromatic carbocycles. The Hall–Kier alpha value is -1.75. The van der Waals surface area contributed by atoms with Crippen LogP contribution >= 0.6 is 15.9 Å². The van der Waals surface area contributed by atoms with Crippen molar-refractivity contribution in [2.75, 3.05) is 11.9 Å². The number of halogens is 1. The SMILES string of the molecule is O=C(Nc1ccc2c(c1)CCO2)c1ccc(Br)o1. The van der Waals surface area contributed by atoms with Crippen molar-refractivity contribution in [3.63, 3.8) is 0 Å². The second-order valence-electron chi connectivity index (χ2n) is 3.98. The third-order valence-electron chi connectivity index (χ3n) is 2.74. The van der Waals surface area contributed by atoms with Crippen LogP contribution in [0.5, 0.6) is 5.75 Å². The Labute approximate surface area is 112 Å². The second-order valence-corrected chi connectivity index (χ2v) is 4.76. The van der Waals surface area contributed by atoms with Crippen LogP contribution in [-0.2, 0) is 6.42 Å². The summed E-state index contributed by atoms with van der Waals surface area (Å²) in [7, 11) is 0. The molecule has 0 spiro atoms. The summed E-state index contributed by atoms with van der Waals surface area (Å²) in [5, 5.41) is 2.79. The smallest absolute Gasteiger partial charge is 0.291 e. The Morgan fingerprint density at radius 2 is 2.17 bits per heavy atom. The highest BCUT2D eigenvalue weighted by Crippen LogP contribution is 2.28. The summed E-state index contributed by atoms with van der Waals surface area (Å²) in [4.78, 5) is 11.9. The minimum atomic E-state index is -0.264. The molecule has 0 bridgehead atoms. The predicted molar refractivity (Wildman–Crippen MR) is 70.0 cm³/mol. The molecule has 18 heavy (non-hydrogen) atoms. The normalized spacial score (nSPS) is 12.9. The lowest BCUT2D eigenvalue weighted by atomic mass is 10.1. The van der Waals surface area contributed by atoms with Gasteiger partial charge in [-0.1, -0.05) is 0 Å². The number of ether oxygens (including phenoxy) is 1. The van der Waals surface area contributed by atoms with E-state index >= 15 is 0 Å². The topological polar surface area (TPSA) is 51.5 Å². The van der Waals surface area contributed by atoms with Crippen molar-refractivity contribution in [1.82, 2.24) is 0 Å². The van der Waals surface area contributed by atoms with E-state index in [1.165, 1.54) is 0 Å². The van der Waals surface area contributed by atoms with Gasteiger partial charge < -0.3 is 14.5 Å². The van der Waals surface area contributed by atoms with E-state index in [9.17, 15) is 4.79 Å². The molecule has 4 nitrogen and oxygen atoms in total. The highest BCUT2D eigenvalue weighted by Gasteiger charge is 2.14. The van der Waals surface area contributed by atoms with E-state index in [2.05, 4.69) is 21.2 Å². The maximum Gasteiger partial charge on any atom is 0.291 e. The third kappa shape index (κ3) is 2.13. The highest BCUT2D eigenvalue weighted by molar-refractivity contribution is 9.10. The van der Waals surface area contributed by atoms with Gasteiger partial charge in [0.2, 0.25) is 0 Å². The average molecular weight is 308 g/mol. The molecule has 1 N–H and O–H groups in total. The van der Waals surface area contributed by atoms with Crippen molar-refractivity contribution in [3.8, 4) is 5.75 Å². The molecular formula is C13H10BrNO3. The summed E-state index contributed by atoms with van der Waals surface area (Å²) in [6.07, 6.45) is 0.880. The van der Waals surface area contributed by atoms with Crippen molar-refractivity contribution in [1.29, 1.82) is 0 Å². The summed E-state index contributed by atoms with van der Waals surface area (Å²) >= 11 is 3.16. The Morgan fingerprint density at radius 3 is 2.94 bits per heavy atom. The molecule has 3 rings (SSSR count). The molecule has 0 radical (unpaired) electrons. The minimum absolute atomic E-state index is 0.264. The second kappa shape index (κ2) is 4.49. The zero-order chi connectivity index (χ0) is 12.5. The fourth-order valence-corrected chi connectivity index (χ4v) is 2.20. The largest absolute Gasteiger partial charge is 0.493 e. The van der Waals surface area contributed by atoms with E-state index in [4.69, 9.17) is 9.15 Å².